The Hall–Kier alpha value is -2.70. The molecule has 0 aliphatic carbocycles. The molecule has 32 heavy (non-hydrogen) atoms. The fraction of sp³-hybridized carbons (Fsp3) is 0.400. The number of benzene rings is 2. The maximum Gasteiger partial charge on any atom is 0.240 e. The second-order valence-electron chi connectivity index (χ2n) is 8.62. The molecule has 6 nitrogen and oxygen atoms in total. The second-order valence-corrected chi connectivity index (χ2v) is 9.03. The number of amides is 3. The fourth-order valence-corrected chi connectivity index (χ4v) is 4.40. The van der Waals surface area contributed by atoms with E-state index in [1.54, 1.807) is 36.2 Å². The van der Waals surface area contributed by atoms with Crippen molar-refractivity contribution in [1.29, 1.82) is 0 Å². The van der Waals surface area contributed by atoms with Gasteiger partial charge in [0.05, 0.1) is 5.41 Å². The SMILES string of the molecule is CN(C)CCN1C(=O)CC(CC(=O)N(C)CCc2ccccc2)(c2ccccc2Cl)C1=O. The van der Waals surface area contributed by atoms with Crippen LogP contribution in [-0.2, 0) is 26.2 Å². The van der Waals surface area contributed by atoms with Crippen molar-refractivity contribution < 1.29 is 14.4 Å². The van der Waals surface area contributed by atoms with Crippen LogP contribution in [0.2, 0.25) is 5.02 Å². The van der Waals surface area contributed by atoms with Crippen molar-refractivity contribution in [1.82, 2.24) is 14.7 Å². The number of likely N-dealkylation sites (tertiary alicyclic amines) is 1. The lowest BCUT2D eigenvalue weighted by Crippen LogP contribution is -2.44. The third-order valence-electron chi connectivity index (χ3n) is 6.03. The Labute approximate surface area is 194 Å². The van der Waals surface area contributed by atoms with Gasteiger partial charge in [0, 0.05) is 44.5 Å². The monoisotopic (exact) mass is 455 g/mol. The standard InChI is InChI=1S/C25H30ClN3O3/c1-27(2)15-16-29-23(31)18-25(24(29)32,20-11-7-8-12-21(20)26)17-22(30)28(3)14-13-19-9-5-4-6-10-19/h4-12H,13-18H2,1-3H3. The molecule has 1 aliphatic rings. The van der Waals surface area contributed by atoms with Crippen LogP contribution in [0.3, 0.4) is 0 Å². The van der Waals surface area contributed by atoms with Crippen LogP contribution >= 0.6 is 11.6 Å². The molecule has 0 spiro atoms. The zero-order valence-electron chi connectivity index (χ0n) is 18.9. The molecule has 1 aliphatic heterocycles. The van der Waals surface area contributed by atoms with Crippen LogP contribution in [0.4, 0.5) is 0 Å². The van der Waals surface area contributed by atoms with Gasteiger partial charge < -0.3 is 9.80 Å². The summed E-state index contributed by atoms with van der Waals surface area (Å²) < 4.78 is 0. The highest BCUT2D eigenvalue weighted by atomic mass is 35.5. The van der Waals surface area contributed by atoms with E-state index in [9.17, 15) is 14.4 Å². The lowest BCUT2D eigenvalue weighted by atomic mass is 9.75. The Balaban J connectivity index is 1.84. The van der Waals surface area contributed by atoms with Crippen LogP contribution in [0, 0.1) is 0 Å². The van der Waals surface area contributed by atoms with Crippen molar-refractivity contribution in [2.45, 2.75) is 24.7 Å². The van der Waals surface area contributed by atoms with E-state index in [0.717, 1.165) is 5.56 Å². The largest absolute Gasteiger partial charge is 0.345 e. The molecule has 1 fully saturated rings. The summed E-state index contributed by atoms with van der Waals surface area (Å²) in [5.74, 6) is -0.796. The number of hydrogen-bond acceptors (Lipinski definition) is 4. The average Bonchev–Trinajstić information content (AvgIpc) is 3.01. The third kappa shape index (κ3) is 5.19. The highest BCUT2D eigenvalue weighted by molar-refractivity contribution is 6.32. The minimum Gasteiger partial charge on any atom is -0.345 e. The molecular formula is C25H30ClN3O3. The lowest BCUT2D eigenvalue weighted by molar-refractivity contribution is -0.142. The van der Waals surface area contributed by atoms with Gasteiger partial charge in [-0.2, -0.15) is 0 Å². The molecule has 0 bridgehead atoms. The Kier molecular flexibility index (Phi) is 7.69. The zero-order valence-corrected chi connectivity index (χ0v) is 19.6. The third-order valence-corrected chi connectivity index (χ3v) is 6.36. The van der Waals surface area contributed by atoms with Gasteiger partial charge >= 0.3 is 0 Å². The molecule has 170 valence electrons. The Morgan fingerprint density at radius 2 is 1.66 bits per heavy atom. The molecular weight excluding hydrogens is 426 g/mol. The predicted octanol–water partition coefficient (Wildman–Crippen LogP) is 2.99. The summed E-state index contributed by atoms with van der Waals surface area (Å²) in [7, 11) is 5.51. The van der Waals surface area contributed by atoms with Gasteiger partial charge in [0.15, 0.2) is 0 Å². The first-order valence-electron chi connectivity index (χ1n) is 10.8. The van der Waals surface area contributed by atoms with Gasteiger partial charge in [-0.1, -0.05) is 60.1 Å². The number of carbonyl (C=O) groups excluding carboxylic acids is 3. The zero-order chi connectivity index (χ0) is 23.3. The molecule has 0 aromatic heterocycles. The van der Waals surface area contributed by atoms with E-state index in [4.69, 9.17) is 11.6 Å². The van der Waals surface area contributed by atoms with E-state index >= 15 is 0 Å². The molecule has 0 radical (unpaired) electrons. The predicted molar refractivity (Wildman–Crippen MR) is 125 cm³/mol. The van der Waals surface area contributed by atoms with E-state index in [0.29, 0.717) is 30.1 Å². The lowest BCUT2D eigenvalue weighted by Gasteiger charge is -2.30. The number of halogens is 1. The van der Waals surface area contributed by atoms with Crippen LogP contribution < -0.4 is 0 Å². The topological polar surface area (TPSA) is 60.9 Å². The summed E-state index contributed by atoms with van der Waals surface area (Å²) in [5, 5.41) is 0.392. The van der Waals surface area contributed by atoms with Crippen LogP contribution in [0.25, 0.3) is 0 Å². The van der Waals surface area contributed by atoms with Gasteiger partial charge in [-0.25, -0.2) is 0 Å². The van der Waals surface area contributed by atoms with Crippen LogP contribution in [0.15, 0.2) is 54.6 Å². The first kappa shape index (κ1) is 24.0. The van der Waals surface area contributed by atoms with Crippen molar-refractivity contribution in [2.75, 3.05) is 40.8 Å². The molecule has 1 unspecified atom stereocenters. The summed E-state index contributed by atoms with van der Waals surface area (Å²) in [6.45, 7) is 1.36. The summed E-state index contributed by atoms with van der Waals surface area (Å²) in [6.07, 6.45) is 0.566. The molecule has 3 rings (SSSR count). The smallest absolute Gasteiger partial charge is 0.240 e. The van der Waals surface area contributed by atoms with Gasteiger partial charge in [-0.15, -0.1) is 0 Å². The van der Waals surface area contributed by atoms with E-state index in [-0.39, 0.29) is 37.1 Å². The molecule has 7 heteroatoms. The maximum atomic E-state index is 13.6. The maximum absolute atomic E-state index is 13.6. The highest BCUT2D eigenvalue weighted by Gasteiger charge is 2.54. The summed E-state index contributed by atoms with van der Waals surface area (Å²) in [6, 6.07) is 16.9. The van der Waals surface area contributed by atoms with Crippen molar-refractivity contribution in [3.63, 3.8) is 0 Å². The fourth-order valence-electron chi connectivity index (χ4n) is 4.08. The van der Waals surface area contributed by atoms with Gasteiger partial charge in [-0.3, -0.25) is 19.3 Å². The minimum atomic E-state index is -1.28. The molecule has 3 amide bonds. The number of likely N-dealkylation sites (N-methyl/N-ethyl adjacent to an activating group) is 2. The van der Waals surface area contributed by atoms with Crippen LogP contribution in [-0.4, -0.2) is 73.2 Å². The molecule has 1 saturated heterocycles. The first-order valence-corrected chi connectivity index (χ1v) is 11.1. The van der Waals surface area contributed by atoms with Crippen molar-refractivity contribution in [2.24, 2.45) is 0 Å². The van der Waals surface area contributed by atoms with Crippen molar-refractivity contribution in [3.8, 4) is 0 Å². The van der Waals surface area contributed by atoms with Gasteiger partial charge in [-0.05, 0) is 37.7 Å². The number of rotatable bonds is 9. The molecule has 2 aromatic rings. The van der Waals surface area contributed by atoms with Crippen LogP contribution in [0.1, 0.15) is 24.0 Å². The molecule has 0 saturated carbocycles. The summed E-state index contributed by atoms with van der Waals surface area (Å²) in [4.78, 5) is 44.5. The van der Waals surface area contributed by atoms with Crippen molar-refractivity contribution >= 4 is 29.3 Å². The average molecular weight is 456 g/mol. The van der Waals surface area contributed by atoms with E-state index in [2.05, 4.69) is 0 Å². The number of nitrogens with zero attached hydrogens (tertiary/aromatic N) is 3. The highest BCUT2D eigenvalue weighted by Crippen LogP contribution is 2.43. The number of imide groups is 1. The molecule has 0 N–H and O–H groups in total. The van der Waals surface area contributed by atoms with E-state index in [1.807, 2.05) is 49.3 Å². The van der Waals surface area contributed by atoms with E-state index < -0.39 is 5.41 Å². The normalized spacial score (nSPS) is 18.5. The first-order chi connectivity index (χ1) is 15.2. The number of hydrogen-bond donors (Lipinski definition) is 0. The Morgan fingerprint density at radius 1 is 1.00 bits per heavy atom. The minimum absolute atomic E-state index is 0.0543. The second kappa shape index (κ2) is 10.3. The molecule has 2 aromatic carbocycles. The van der Waals surface area contributed by atoms with Crippen molar-refractivity contribution in [3.05, 3.63) is 70.7 Å². The van der Waals surface area contributed by atoms with Gasteiger partial charge in [0.1, 0.15) is 0 Å². The van der Waals surface area contributed by atoms with Crippen LogP contribution in [0.5, 0.6) is 0 Å². The Morgan fingerprint density at radius 3 is 2.31 bits per heavy atom. The Bertz CT molecular complexity index is 979. The van der Waals surface area contributed by atoms with E-state index in [1.165, 1.54) is 4.90 Å². The summed E-state index contributed by atoms with van der Waals surface area (Å²) >= 11 is 6.47. The van der Waals surface area contributed by atoms with Gasteiger partial charge in [0.2, 0.25) is 17.7 Å². The quantitative estimate of drug-likeness (QED) is 0.545. The molecule has 1 heterocycles. The number of carbonyl (C=O) groups is 3. The molecule has 1 atom stereocenters. The van der Waals surface area contributed by atoms with Gasteiger partial charge in [0.25, 0.3) is 0 Å². The summed E-state index contributed by atoms with van der Waals surface area (Å²) in [5.41, 5.74) is 0.395.